The Morgan fingerprint density at radius 3 is 2.14 bits per heavy atom. The van der Waals surface area contributed by atoms with Crippen molar-refractivity contribution in [2.45, 2.75) is 18.7 Å². The third-order valence-corrected chi connectivity index (χ3v) is 4.13. The second kappa shape index (κ2) is 8.95. The molecule has 0 fully saturated rings. The number of rotatable bonds is 7. The fraction of sp³-hybridized carbons (Fsp3) is 0.300. The van der Waals surface area contributed by atoms with Crippen LogP contribution in [0.15, 0.2) is 54.6 Å². The van der Waals surface area contributed by atoms with Gasteiger partial charge in [0.25, 0.3) is 11.5 Å². The summed E-state index contributed by atoms with van der Waals surface area (Å²) < 4.78 is 49.9. The second-order valence-corrected chi connectivity index (χ2v) is 6.03. The third-order valence-electron chi connectivity index (χ3n) is 4.13. The van der Waals surface area contributed by atoms with Crippen LogP contribution < -0.4 is 9.64 Å². The molecule has 9 heteroatoms. The minimum Gasteiger partial charge on any atom is -0.484 e. The highest BCUT2D eigenvalue weighted by Crippen LogP contribution is 2.40. The zero-order valence-electron chi connectivity index (χ0n) is 15.8. The lowest BCUT2D eigenvalue weighted by atomic mass is 9.93. The summed E-state index contributed by atoms with van der Waals surface area (Å²) in [6, 6.07) is 12.8. The number of hydrogen-bond acceptors (Lipinski definition) is 5. The molecule has 2 rings (SSSR count). The van der Waals surface area contributed by atoms with E-state index in [0.29, 0.717) is 5.75 Å². The van der Waals surface area contributed by atoms with Gasteiger partial charge in [0.1, 0.15) is 5.75 Å². The van der Waals surface area contributed by atoms with Crippen LogP contribution in [0.3, 0.4) is 0 Å². The van der Waals surface area contributed by atoms with Crippen LogP contribution in [0.2, 0.25) is 0 Å². The van der Waals surface area contributed by atoms with Crippen LogP contribution in [-0.2, 0) is 19.9 Å². The topological polar surface area (TPSA) is 76.1 Å². The minimum absolute atomic E-state index is 0.254. The van der Waals surface area contributed by atoms with Gasteiger partial charge in [-0.25, -0.2) is 4.79 Å². The van der Waals surface area contributed by atoms with Crippen molar-refractivity contribution in [1.82, 2.24) is 0 Å². The number of esters is 1. The van der Waals surface area contributed by atoms with E-state index < -0.39 is 29.2 Å². The standard InChI is InChI=1S/C20H20F3NO5/c1-3-28-18(26)19(27,20(21,22)23)14-9-11-15(12-10-14)24(2)17(25)13-29-16-7-5-4-6-8-16/h4-12,27H,3,13H2,1-2H3/t19-/m1/s1. The number of anilines is 1. The van der Waals surface area contributed by atoms with Gasteiger partial charge in [-0.15, -0.1) is 0 Å². The molecule has 0 aromatic heterocycles. The van der Waals surface area contributed by atoms with Gasteiger partial charge in [-0.05, 0) is 31.2 Å². The van der Waals surface area contributed by atoms with Crippen LogP contribution in [0.5, 0.6) is 5.75 Å². The van der Waals surface area contributed by atoms with E-state index >= 15 is 0 Å². The van der Waals surface area contributed by atoms with Crippen molar-refractivity contribution in [3.05, 3.63) is 60.2 Å². The maximum atomic E-state index is 13.4. The first-order chi connectivity index (χ1) is 13.6. The van der Waals surface area contributed by atoms with Crippen molar-refractivity contribution >= 4 is 17.6 Å². The molecular formula is C20H20F3NO5. The average Bonchev–Trinajstić information content (AvgIpc) is 2.71. The number of benzene rings is 2. The summed E-state index contributed by atoms with van der Waals surface area (Å²) in [7, 11) is 1.42. The number of amides is 1. The Labute approximate surface area is 165 Å². The van der Waals surface area contributed by atoms with E-state index in [1.165, 1.54) is 31.0 Å². The maximum absolute atomic E-state index is 13.4. The Bertz CT molecular complexity index is 839. The summed E-state index contributed by atoms with van der Waals surface area (Å²) in [4.78, 5) is 25.2. The van der Waals surface area contributed by atoms with E-state index in [0.717, 1.165) is 12.1 Å². The van der Waals surface area contributed by atoms with Gasteiger partial charge in [0, 0.05) is 18.3 Å². The number of ether oxygens (including phenoxy) is 2. The molecule has 0 spiro atoms. The van der Waals surface area contributed by atoms with Gasteiger partial charge in [-0.3, -0.25) is 4.79 Å². The first kappa shape index (κ1) is 22.2. The first-order valence-electron chi connectivity index (χ1n) is 8.62. The highest BCUT2D eigenvalue weighted by atomic mass is 19.4. The molecule has 0 radical (unpaired) electrons. The number of halogens is 3. The third kappa shape index (κ3) is 4.86. The number of hydrogen-bond donors (Lipinski definition) is 1. The molecule has 29 heavy (non-hydrogen) atoms. The van der Waals surface area contributed by atoms with E-state index in [4.69, 9.17) is 4.74 Å². The quantitative estimate of drug-likeness (QED) is 0.709. The molecule has 2 aromatic carbocycles. The van der Waals surface area contributed by atoms with Crippen molar-refractivity contribution in [1.29, 1.82) is 0 Å². The van der Waals surface area contributed by atoms with Gasteiger partial charge >= 0.3 is 12.1 Å². The lowest BCUT2D eigenvalue weighted by Crippen LogP contribution is -2.50. The molecule has 1 atom stereocenters. The first-order valence-corrected chi connectivity index (χ1v) is 8.62. The smallest absolute Gasteiger partial charge is 0.432 e. The van der Waals surface area contributed by atoms with Crippen molar-refractivity contribution in [3.8, 4) is 5.75 Å². The Morgan fingerprint density at radius 2 is 1.62 bits per heavy atom. The number of nitrogens with zero attached hydrogens (tertiary/aromatic N) is 1. The summed E-state index contributed by atoms with van der Waals surface area (Å²) >= 11 is 0. The molecule has 2 aromatic rings. The Morgan fingerprint density at radius 1 is 1.03 bits per heavy atom. The average molecular weight is 411 g/mol. The summed E-state index contributed by atoms with van der Waals surface area (Å²) in [5, 5.41) is 10.1. The van der Waals surface area contributed by atoms with E-state index in [1.807, 2.05) is 0 Å². The molecule has 0 unspecified atom stereocenters. The van der Waals surface area contributed by atoms with E-state index in [9.17, 15) is 27.9 Å². The highest BCUT2D eigenvalue weighted by Gasteiger charge is 2.62. The van der Waals surface area contributed by atoms with Gasteiger partial charge in [0.15, 0.2) is 6.61 Å². The predicted molar refractivity (Wildman–Crippen MR) is 98.4 cm³/mol. The van der Waals surface area contributed by atoms with Gasteiger partial charge < -0.3 is 19.5 Å². The molecule has 0 saturated heterocycles. The SMILES string of the molecule is CCOC(=O)[C@](O)(c1ccc(N(C)C(=O)COc2ccccc2)cc1)C(F)(F)F. The van der Waals surface area contributed by atoms with Crippen LogP contribution in [0.4, 0.5) is 18.9 Å². The van der Waals surface area contributed by atoms with E-state index in [-0.39, 0.29) is 18.9 Å². The fourth-order valence-corrected chi connectivity index (χ4v) is 2.46. The Kier molecular flexibility index (Phi) is 6.86. The molecule has 0 heterocycles. The summed E-state index contributed by atoms with van der Waals surface area (Å²) in [6.07, 6.45) is -5.29. The highest BCUT2D eigenvalue weighted by molar-refractivity contribution is 5.94. The maximum Gasteiger partial charge on any atom is 0.432 e. The summed E-state index contributed by atoms with van der Waals surface area (Å²) in [6.45, 7) is 0.724. The molecule has 156 valence electrons. The van der Waals surface area contributed by atoms with Crippen molar-refractivity contribution in [3.63, 3.8) is 0 Å². The Balaban J connectivity index is 2.17. The second-order valence-electron chi connectivity index (χ2n) is 6.03. The lowest BCUT2D eigenvalue weighted by Gasteiger charge is -2.29. The van der Waals surface area contributed by atoms with Crippen molar-refractivity contribution in [2.75, 3.05) is 25.2 Å². The molecule has 1 N–H and O–H groups in total. The van der Waals surface area contributed by atoms with Gasteiger partial charge in [-0.1, -0.05) is 30.3 Å². The molecule has 0 aliphatic heterocycles. The number of carbonyl (C=O) groups is 2. The number of alkyl halides is 3. The van der Waals surface area contributed by atoms with E-state index in [2.05, 4.69) is 4.74 Å². The normalized spacial score (nSPS) is 13.3. The van der Waals surface area contributed by atoms with Crippen molar-refractivity contribution < 1.29 is 37.3 Å². The molecule has 0 saturated carbocycles. The molecule has 0 aliphatic carbocycles. The number of carbonyl (C=O) groups excluding carboxylic acids is 2. The molecule has 0 aliphatic rings. The zero-order chi connectivity index (χ0) is 21.7. The number of para-hydroxylation sites is 1. The predicted octanol–water partition coefficient (Wildman–Crippen LogP) is 3.04. The molecular weight excluding hydrogens is 391 g/mol. The monoisotopic (exact) mass is 411 g/mol. The van der Waals surface area contributed by atoms with Crippen LogP contribution in [-0.4, -0.2) is 43.4 Å². The summed E-state index contributed by atoms with van der Waals surface area (Å²) in [5.74, 6) is -1.77. The summed E-state index contributed by atoms with van der Waals surface area (Å²) in [5.41, 5.74) is -4.27. The lowest BCUT2D eigenvalue weighted by molar-refractivity contribution is -0.267. The van der Waals surface area contributed by atoms with Gasteiger partial charge in [-0.2, -0.15) is 13.2 Å². The zero-order valence-corrected chi connectivity index (χ0v) is 15.8. The van der Waals surface area contributed by atoms with E-state index in [1.54, 1.807) is 30.3 Å². The van der Waals surface area contributed by atoms with Crippen molar-refractivity contribution in [2.24, 2.45) is 0 Å². The molecule has 0 bridgehead atoms. The molecule has 1 amide bonds. The van der Waals surface area contributed by atoms with Crippen LogP contribution in [0.25, 0.3) is 0 Å². The fourth-order valence-electron chi connectivity index (χ4n) is 2.46. The number of likely N-dealkylation sites (N-methyl/N-ethyl adjacent to an activating group) is 1. The molecule has 6 nitrogen and oxygen atoms in total. The van der Waals surface area contributed by atoms with Crippen LogP contribution in [0, 0.1) is 0 Å². The largest absolute Gasteiger partial charge is 0.484 e. The number of aliphatic hydroxyl groups is 1. The Hall–Kier alpha value is -3.07. The van der Waals surface area contributed by atoms with Crippen LogP contribution >= 0.6 is 0 Å². The van der Waals surface area contributed by atoms with Gasteiger partial charge in [0.05, 0.1) is 6.61 Å². The minimum atomic E-state index is -5.29. The van der Waals surface area contributed by atoms with Gasteiger partial charge in [0.2, 0.25) is 0 Å². The van der Waals surface area contributed by atoms with Crippen LogP contribution in [0.1, 0.15) is 12.5 Å².